The van der Waals surface area contributed by atoms with Crippen molar-refractivity contribution in [2.45, 2.75) is 11.8 Å². The Labute approximate surface area is 221 Å². The minimum atomic E-state index is -0.229. The fraction of sp³-hybridized carbons (Fsp3) is 0.0833. The van der Waals surface area contributed by atoms with E-state index in [9.17, 15) is 4.79 Å². The monoisotopic (exact) mass is 541 g/mol. The van der Waals surface area contributed by atoms with Gasteiger partial charge in [-0.15, -0.1) is 10.2 Å². The molecule has 0 saturated carbocycles. The van der Waals surface area contributed by atoms with E-state index in [0.29, 0.717) is 33.2 Å². The summed E-state index contributed by atoms with van der Waals surface area (Å²) in [5, 5.41) is 16.5. The summed E-state index contributed by atoms with van der Waals surface area (Å²) < 4.78 is 7.15. The third kappa shape index (κ3) is 7.14. The maximum Gasteiger partial charge on any atom is 0.264 e. The minimum Gasteiger partial charge on any atom is -0.488 e. The second kappa shape index (κ2) is 12.3. The predicted molar refractivity (Wildman–Crippen MR) is 144 cm³/mol. The Morgan fingerprint density at radius 3 is 2.67 bits per heavy atom. The van der Waals surface area contributed by atoms with Crippen molar-refractivity contribution in [1.82, 2.24) is 14.9 Å². The molecule has 4 rings (SSSR count). The molecule has 0 atom stereocenters. The molecule has 4 aromatic rings. The van der Waals surface area contributed by atoms with Gasteiger partial charge >= 0.3 is 0 Å². The summed E-state index contributed by atoms with van der Waals surface area (Å²) in [6, 6.07) is 21.8. The molecule has 0 aliphatic carbocycles. The van der Waals surface area contributed by atoms with Crippen molar-refractivity contribution in [1.29, 1.82) is 0 Å². The average Bonchev–Trinajstić information content (AvgIpc) is 3.22. The van der Waals surface area contributed by atoms with E-state index in [0.717, 1.165) is 22.9 Å². The number of para-hydroxylation sites is 1. The number of thioether (sulfide) groups is 1. The quantitative estimate of drug-likeness (QED) is 0.111. The van der Waals surface area contributed by atoms with Crippen LogP contribution in [0, 0.1) is 0 Å². The molecule has 1 aromatic heterocycles. The highest BCUT2D eigenvalue weighted by Crippen LogP contribution is 2.20. The summed E-state index contributed by atoms with van der Waals surface area (Å²) in [6.07, 6.45) is 1.59. The Morgan fingerprint density at radius 2 is 1.86 bits per heavy atom. The molecule has 0 aliphatic rings. The van der Waals surface area contributed by atoms with Crippen molar-refractivity contribution in [3.63, 3.8) is 0 Å². The van der Waals surface area contributed by atoms with Gasteiger partial charge < -0.3 is 15.9 Å². The fourth-order valence-corrected chi connectivity index (χ4v) is 3.94. The zero-order chi connectivity index (χ0) is 25.3. The topological polar surface area (TPSA) is 119 Å². The molecule has 12 heteroatoms. The lowest BCUT2D eigenvalue weighted by molar-refractivity contribution is -0.113. The zero-order valence-corrected chi connectivity index (χ0v) is 21.1. The van der Waals surface area contributed by atoms with Crippen molar-refractivity contribution in [2.24, 2.45) is 5.10 Å². The van der Waals surface area contributed by atoms with Crippen molar-refractivity contribution in [3.05, 3.63) is 94.0 Å². The number of benzene rings is 3. The highest BCUT2D eigenvalue weighted by atomic mass is 35.5. The van der Waals surface area contributed by atoms with Crippen molar-refractivity contribution in [3.8, 4) is 5.75 Å². The van der Waals surface area contributed by atoms with Gasteiger partial charge in [-0.25, -0.2) is 10.1 Å². The van der Waals surface area contributed by atoms with E-state index in [4.69, 9.17) is 33.8 Å². The van der Waals surface area contributed by atoms with E-state index in [1.807, 2.05) is 48.5 Å². The van der Waals surface area contributed by atoms with Gasteiger partial charge in [0.15, 0.2) is 0 Å². The summed E-state index contributed by atoms with van der Waals surface area (Å²) in [7, 11) is 0. The largest absolute Gasteiger partial charge is 0.488 e. The number of nitrogens with one attached hydrogen (secondary N) is 2. The molecule has 1 amide bonds. The van der Waals surface area contributed by atoms with Crippen LogP contribution in [0.2, 0.25) is 10.0 Å². The third-order valence-electron chi connectivity index (χ3n) is 4.70. The van der Waals surface area contributed by atoms with Crippen LogP contribution in [0.1, 0.15) is 11.1 Å². The first-order chi connectivity index (χ1) is 17.5. The van der Waals surface area contributed by atoms with Crippen LogP contribution in [0.15, 0.2) is 83.1 Å². The number of nitrogen functional groups attached to an aromatic ring is 1. The van der Waals surface area contributed by atoms with Crippen LogP contribution in [-0.4, -0.2) is 32.7 Å². The van der Waals surface area contributed by atoms with Crippen molar-refractivity contribution >= 4 is 58.7 Å². The van der Waals surface area contributed by atoms with Crippen LogP contribution in [0.5, 0.6) is 5.75 Å². The first kappa shape index (κ1) is 25.4. The molecule has 0 bridgehead atoms. The molecule has 0 aliphatic heterocycles. The molecule has 0 saturated heterocycles. The van der Waals surface area contributed by atoms with Gasteiger partial charge in [0, 0.05) is 21.3 Å². The van der Waals surface area contributed by atoms with E-state index in [1.54, 1.807) is 30.5 Å². The van der Waals surface area contributed by atoms with Gasteiger partial charge in [0.25, 0.3) is 5.95 Å². The number of hydrogen-bond donors (Lipinski definition) is 3. The molecule has 0 unspecified atom stereocenters. The normalized spacial score (nSPS) is 10.9. The number of hydrazone groups is 1. The number of ether oxygens (including phenoxy) is 1. The number of nitrogens with zero attached hydrogens (tertiary/aromatic N) is 4. The highest BCUT2D eigenvalue weighted by molar-refractivity contribution is 7.99. The maximum atomic E-state index is 12.2. The summed E-state index contributed by atoms with van der Waals surface area (Å²) in [6.45, 7) is 0.387. The summed E-state index contributed by atoms with van der Waals surface area (Å²) in [5.74, 6) is 6.78. The van der Waals surface area contributed by atoms with Gasteiger partial charge in [-0.2, -0.15) is 5.10 Å². The lowest BCUT2D eigenvalue weighted by Crippen LogP contribution is -2.16. The highest BCUT2D eigenvalue weighted by Gasteiger charge is 2.12. The molecule has 36 heavy (non-hydrogen) atoms. The number of carbonyl (C=O) groups excluding carboxylic acids is 1. The smallest absolute Gasteiger partial charge is 0.264 e. The van der Waals surface area contributed by atoms with Crippen LogP contribution >= 0.6 is 35.0 Å². The van der Waals surface area contributed by atoms with Gasteiger partial charge in [-0.05, 0) is 48.0 Å². The number of aromatic nitrogens is 3. The van der Waals surface area contributed by atoms with Gasteiger partial charge in [0.05, 0.1) is 12.0 Å². The van der Waals surface area contributed by atoms with Gasteiger partial charge in [0.2, 0.25) is 11.1 Å². The molecule has 9 nitrogen and oxygen atoms in total. The number of carbonyl (C=O) groups is 1. The Morgan fingerprint density at radius 1 is 1.06 bits per heavy atom. The van der Waals surface area contributed by atoms with E-state index in [1.165, 1.54) is 4.68 Å². The van der Waals surface area contributed by atoms with E-state index >= 15 is 0 Å². The molecule has 1 heterocycles. The van der Waals surface area contributed by atoms with E-state index in [2.05, 4.69) is 26.0 Å². The SMILES string of the molecule is Nn1c(N/N=C/c2ccccc2OCc2ccc(Cl)cc2)nnc1SCC(=O)Nc1cccc(Cl)c1. The first-order valence-electron chi connectivity index (χ1n) is 10.6. The Kier molecular flexibility index (Phi) is 8.66. The third-order valence-corrected chi connectivity index (χ3v) is 6.13. The average molecular weight is 542 g/mol. The molecule has 0 spiro atoms. The predicted octanol–water partition coefficient (Wildman–Crippen LogP) is 5.05. The number of rotatable bonds is 10. The van der Waals surface area contributed by atoms with Gasteiger partial charge in [-0.3, -0.25) is 4.79 Å². The molecule has 4 N–H and O–H groups in total. The molecule has 0 radical (unpaired) electrons. The number of hydrogen-bond acceptors (Lipinski definition) is 8. The Bertz CT molecular complexity index is 1360. The first-order valence-corrected chi connectivity index (χ1v) is 12.4. The summed E-state index contributed by atoms with van der Waals surface area (Å²) in [4.78, 5) is 12.2. The van der Waals surface area contributed by atoms with Crippen molar-refractivity contribution < 1.29 is 9.53 Å². The van der Waals surface area contributed by atoms with Gasteiger partial charge in [0.1, 0.15) is 12.4 Å². The molecular weight excluding hydrogens is 521 g/mol. The van der Waals surface area contributed by atoms with E-state index in [-0.39, 0.29) is 17.6 Å². The van der Waals surface area contributed by atoms with E-state index < -0.39 is 0 Å². The number of halogens is 2. The second-order valence-electron chi connectivity index (χ2n) is 7.35. The minimum absolute atomic E-state index is 0.0868. The molecule has 0 fully saturated rings. The Balaban J connectivity index is 1.31. The lowest BCUT2D eigenvalue weighted by Gasteiger charge is -2.09. The number of nitrogens with two attached hydrogens (primary N) is 1. The van der Waals surface area contributed by atoms with Crippen LogP contribution in [-0.2, 0) is 11.4 Å². The summed E-state index contributed by atoms with van der Waals surface area (Å²) in [5.41, 5.74) is 5.12. The summed E-state index contributed by atoms with van der Waals surface area (Å²) >= 11 is 13.0. The van der Waals surface area contributed by atoms with Gasteiger partial charge in [-0.1, -0.05) is 65.3 Å². The second-order valence-corrected chi connectivity index (χ2v) is 9.16. The van der Waals surface area contributed by atoms with Crippen molar-refractivity contribution in [2.75, 3.05) is 22.3 Å². The number of amides is 1. The fourth-order valence-electron chi connectivity index (χ4n) is 2.97. The Hall–Kier alpha value is -3.73. The standard InChI is InChI=1S/C24H21Cl2N7O2S/c25-18-10-8-16(9-11-18)14-35-21-7-2-1-4-17(21)13-28-30-23-31-32-24(33(23)27)36-15-22(34)29-20-6-3-5-19(26)12-20/h1-13H,14-15,27H2,(H,29,34)(H,30,31)/b28-13+. The maximum absolute atomic E-state index is 12.2. The van der Waals surface area contributed by atoms with Crippen LogP contribution < -0.4 is 21.3 Å². The van der Waals surface area contributed by atoms with Crippen LogP contribution in [0.25, 0.3) is 0 Å². The van der Waals surface area contributed by atoms with Crippen LogP contribution in [0.3, 0.4) is 0 Å². The molecule has 184 valence electrons. The molecule has 3 aromatic carbocycles. The zero-order valence-electron chi connectivity index (χ0n) is 18.8. The van der Waals surface area contributed by atoms with Crippen LogP contribution in [0.4, 0.5) is 11.6 Å². The number of anilines is 2. The lowest BCUT2D eigenvalue weighted by atomic mass is 10.2. The molecular formula is C24H21Cl2N7O2S.